The largest absolute Gasteiger partial charge is 0.507 e. The van der Waals surface area contributed by atoms with Crippen molar-refractivity contribution in [3.8, 4) is 0 Å². The van der Waals surface area contributed by atoms with Crippen LogP contribution in [0.25, 0.3) is 5.76 Å². The van der Waals surface area contributed by atoms with Gasteiger partial charge >= 0.3 is 5.91 Å². The van der Waals surface area contributed by atoms with E-state index in [1.165, 1.54) is 28.0 Å². The first kappa shape index (κ1) is 26.4. The molecule has 0 aliphatic carbocycles. The monoisotopic (exact) mass is 582 g/mol. The molecule has 11 heteroatoms. The van der Waals surface area contributed by atoms with E-state index in [1.54, 1.807) is 42.7 Å². The van der Waals surface area contributed by atoms with Gasteiger partial charge in [-0.25, -0.2) is 0 Å². The number of anilines is 1. The normalized spacial score (nSPS) is 16.8. The number of halogens is 2. The van der Waals surface area contributed by atoms with Crippen molar-refractivity contribution in [3.63, 3.8) is 0 Å². The molecule has 3 heterocycles. The number of aliphatic hydroxyl groups excluding tert-OH is 1. The van der Waals surface area contributed by atoms with Crippen LogP contribution in [0.15, 0.2) is 70.8 Å². The van der Waals surface area contributed by atoms with Gasteiger partial charge in [0.15, 0.2) is 4.34 Å². The highest BCUT2D eigenvalue weighted by Crippen LogP contribution is 2.44. The number of thioether (sulfide) groups is 1. The van der Waals surface area contributed by atoms with Crippen molar-refractivity contribution in [3.05, 3.63) is 104 Å². The van der Waals surface area contributed by atoms with Gasteiger partial charge in [-0.05, 0) is 54.8 Å². The average molecular weight is 584 g/mol. The molecular weight excluding hydrogens is 563 g/mol. The standard InChI is InChI=1S/C27H20Cl2N4O3S2/c1-14-5-6-15(2)19(10-14)23(34)21-22(16-4-3-9-30-12-16)33(25(36)24(21)35)26-31-32-27(38-26)37-13-17-7-8-18(28)11-20(17)29/h3-12,22,34H,13H2,1-2H3. The summed E-state index contributed by atoms with van der Waals surface area (Å²) in [7, 11) is 0. The zero-order valence-electron chi connectivity index (χ0n) is 20.2. The van der Waals surface area contributed by atoms with Crippen molar-refractivity contribution in [2.24, 2.45) is 0 Å². The van der Waals surface area contributed by atoms with Crippen LogP contribution >= 0.6 is 46.3 Å². The van der Waals surface area contributed by atoms with E-state index in [2.05, 4.69) is 15.2 Å². The topological polar surface area (TPSA) is 96.3 Å². The number of carbonyl (C=O) groups is 2. The van der Waals surface area contributed by atoms with Crippen LogP contribution in [0.5, 0.6) is 0 Å². The first-order valence-electron chi connectivity index (χ1n) is 11.4. The molecule has 5 rings (SSSR count). The molecule has 0 spiro atoms. The van der Waals surface area contributed by atoms with Gasteiger partial charge in [0.2, 0.25) is 5.13 Å². The molecule has 0 bridgehead atoms. The zero-order valence-corrected chi connectivity index (χ0v) is 23.3. The minimum Gasteiger partial charge on any atom is -0.507 e. The van der Waals surface area contributed by atoms with Gasteiger partial charge in [0.05, 0.1) is 11.6 Å². The Labute approximate surface area is 237 Å². The summed E-state index contributed by atoms with van der Waals surface area (Å²) in [5, 5.41) is 21.2. The summed E-state index contributed by atoms with van der Waals surface area (Å²) in [4.78, 5) is 32.2. The molecule has 2 aromatic carbocycles. The second-order valence-electron chi connectivity index (χ2n) is 8.65. The van der Waals surface area contributed by atoms with Gasteiger partial charge in [0.1, 0.15) is 5.76 Å². The number of carbonyl (C=O) groups excluding carboxylic acids is 2. The van der Waals surface area contributed by atoms with E-state index in [4.69, 9.17) is 23.2 Å². The molecule has 1 aliphatic rings. The number of nitrogens with zero attached hydrogens (tertiary/aromatic N) is 4. The third-order valence-corrected chi connectivity index (χ3v) is 8.75. The highest BCUT2D eigenvalue weighted by molar-refractivity contribution is 8.00. The maximum atomic E-state index is 13.4. The van der Waals surface area contributed by atoms with Gasteiger partial charge < -0.3 is 5.11 Å². The van der Waals surface area contributed by atoms with Crippen molar-refractivity contribution in [1.82, 2.24) is 15.2 Å². The molecule has 38 heavy (non-hydrogen) atoms. The molecule has 1 saturated heterocycles. The van der Waals surface area contributed by atoms with Gasteiger partial charge in [0.25, 0.3) is 5.78 Å². The fourth-order valence-corrected chi connectivity index (χ4v) is 6.58. The van der Waals surface area contributed by atoms with Crippen LogP contribution in [0.2, 0.25) is 10.0 Å². The van der Waals surface area contributed by atoms with Gasteiger partial charge in [-0.3, -0.25) is 19.5 Å². The lowest BCUT2D eigenvalue weighted by molar-refractivity contribution is -0.132. The smallest absolute Gasteiger partial charge is 0.301 e. The molecule has 1 amide bonds. The number of ketones is 1. The second-order valence-corrected chi connectivity index (χ2v) is 11.7. The lowest BCUT2D eigenvalue weighted by atomic mass is 9.94. The predicted molar refractivity (Wildman–Crippen MR) is 151 cm³/mol. The average Bonchev–Trinajstić information content (AvgIpc) is 3.47. The summed E-state index contributed by atoms with van der Waals surface area (Å²) in [6.07, 6.45) is 3.17. The predicted octanol–water partition coefficient (Wildman–Crippen LogP) is 6.78. The van der Waals surface area contributed by atoms with Crippen molar-refractivity contribution in [2.45, 2.75) is 30.0 Å². The van der Waals surface area contributed by atoms with Crippen LogP contribution in [0.4, 0.5) is 5.13 Å². The Hall–Kier alpha value is -3.24. The zero-order chi connectivity index (χ0) is 27.0. The number of aromatic nitrogens is 3. The van der Waals surface area contributed by atoms with Gasteiger partial charge in [-0.2, -0.15) is 0 Å². The second kappa shape index (κ2) is 10.9. The van der Waals surface area contributed by atoms with E-state index in [0.29, 0.717) is 31.3 Å². The van der Waals surface area contributed by atoms with Crippen LogP contribution in [0.3, 0.4) is 0 Å². The summed E-state index contributed by atoms with van der Waals surface area (Å²) < 4.78 is 0.590. The van der Waals surface area contributed by atoms with Crippen LogP contribution < -0.4 is 4.90 Å². The molecule has 1 atom stereocenters. The number of amides is 1. The summed E-state index contributed by atoms with van der Waals surface area (Å²) in [6, 6.07) is 13.4. The van der Waals surface area contributed by atoms with Crippen molar-refractivity contribution >= 4 is 68.9 Å². The maximum Gasteiger partial charge on any atom is 0.301 e. The van der Waals surface area contributed by atoms with Crippen LogP contribution in [-0.2, 0) is 15.3 Å². The van der Waals surface area contributed by atoms with Crippen molar-refractivity contribution < 1.29 is 14.7 Å². The van der Waals surface area contributed by atoms with Crippen LogP contribution in [-0.4, -0.2) is 32.0 Å². The van der Waals surface area contributed by atoms with E-state index in [0.717, 1.165) is 16.7 Å². The molecule has 0 radical (unpaired) electrons. The number of pyridine rings is 1. The van der Waals surface area contributed by atoms with E-state index in [9.17, 15) is 14.7 Å². The van der Waals surface area contributed by atoms with Gasteiger partial charge in [-0.15, -0.1) is 10.2 Å². The van der Waals surface area contributed by atoms with Crippen molar-refractivity contribution in [1.29, 1.82) is 0 Å². The number of rotatable bonds is 6. The molecule has 192 valence electrons. The SMILES string of the molecule is Cc1ccc(C)c(C(O)=C2C(=O)C(=O)N(c3nnc(SCc4ccc(Cl)cc4Cl)s3)C2c2cccnc2)c1. The molecule has 1 aliphatic heterocycles. The third kappa shape index (κ3) is 5.07. The summed E-state index contributed by atoms with van der Waals surface area (Å²) in [5.74, 6) is -1.31. The minimum absolute atomic E-state index is 0.0194. The van der Waals surface area contributed by atoms with E-state index >= 15 is 0 Å². The number of benzene rings is 2. The van der Waals surface area contributed by atoms with Crippen LogP contribution in [0.1, 0.15) is 33.9 Å². The molecular formula is C27H20Cl2N4O3S2. The molecule has 1 fully saturated rings. The van der Waals surface area contributed by atoms with E-state index < -0.39 is 17.7 Å². The Kier molecular flexibility index (Phi) is 7.54. The lowest BCUT2D eigenvalue weighted by Crippen LogP contribution is -2.29. The number of hydrogen-bond acceptors (Lipinski definition) is 8. The quantitative estimate of drug-likeness (QED) is 0.0879. The third-order valence-electron chi connectivity index (χ3n) is 6.06. The number of Topliss-reactive ketones (excluding diaryl/α,β-unsaturated/α-hetero) is 1. The van der Waals surface area contributed by atoms with E-state index in [-0.39, 0.29) is 16.5 Å². The summed E-state index contributed by atoms with van der Waals surface area (Å²) >= 11 is 14.9. The molecule has 1 N–H and O–H groups in total. The highest BCUT2D eigenvalue weighted by atomic mass is 35.5. The highest BCUT2D eigenvalue weighted by Gasteiger charge is 2.48. The Morgan fingerprint density at radius 2 is 1.92 bits per heavy atom. The maximum absolute atomic E-state index is 13.4. The fourth-order valence-electron chi connectivity index (χ4n) is 4.16. The minimum atomic E-state index is -0.917. The van der Waals surface area contributed by atoms with Crippen LogP contribution in [0, 0.1) is 13.8 Å². The van der Waals surface area contributed by atoms with E-state index in [1.807, 2.05) is 32.0 Å². The van der Waals surface area contributed by atoms with Gasteiger partial charge in [0, 0.05) is 33.8 Å². The molecule has 2 aromatic heterocycles. The first-order valence-corrected chi connectivity index (χ1v) is 14.0. The molecule has 4 aromatic rings. The Bertz CT molecular complexity index is 1590. The Morgan fingerprint density at radius 3 is 2.66 bits per heavy atom. The summed E-state index contributed by atoms with van der Waals surface area (Å²) in [5.41, 5.74) is 3.60. The first-order chi connectivity index (χ1) is 18.2. The lowest BCUT2D eigenvalue weighted by Gasteiger charge is -2.22. The summed E-state index contributed by atoms with van der Waals surface area (Å²) in [6.45, 7) is 3.73. The number of aliphatic hydroxyl groups is 1. The Morgan fingerprint density at radius 1 is 1.11 bits per heavy atom. The Balaban J connectivity index is 1.54. The molecule has 0 saturated carbocycles. The number of hydrogen-bond donors (Lipinski definition) is 1. The number of aryl methyl sites for hydroxylation is 2. The molecule has 1 unspecified atom stereocenters. The molecule has 7 nitrogen and oxygen atoms in total. The van der Waals surface area contributed by atoms with Gasteiger partial charge in [-0.1, -0.05) is 76.1 Å². The fraction of sp³-hybridized carbons (Fsp3) is 0.148. The van der Waals surface area contributed by atoms with Crippen molar-refractivity contribution in [2.75, 3.05) is 4.90 Å².